The molecule has 0 aromatic carbocycles. The van der Waals surface area contributed by atoms with Gasteiger partial charge in [-0.1, -0.05) is 102 Å². The number of hydrogen-bond acceptors (Lipinski definition) is 2. The lowest BCUT2D eigenvalue weighted by Crippen LogP contribution is -2.00. The highest BCUT2D eigenvalue weighted by Gasteiger charge is 2.06. The summed E-state index contributed by atoms with van der Waals surface area (Å²) in [5, 5.41) is 18.0. The molecule has 0 amide bonds. The zero-order chi connectivity index (χ0) is 23.7. The van der Waals surface area contributed by atoms with Crippen molar-refractivity contribution >= 4 is 11.9 Å². The van der Waals surface area contributed by atoms with Gasteiger partial charge in [0.1, 0.15) is 0 Å². The summed E-state index contributed by atoms with van der Waals surface area (Å²) in [6, 6.07) is 0. The van der Waals surface area contributed by atoms with Crippen molar-refractivity contribution in [2.75, 3.05) is 0 Å². The Balaban J connectivity index is 3.59. The van der Waals surface area contributed by atoms with E-state index in [0.717, 1.165) is 44.9 Å². The molecule has 0 fully saturated rings. The van der Waals surface area contributed by atoms with Crippen LogP contribution in [0.4, 0.5) is 0 Å². The second-order valence-corrected chi connectivity index (χ2v) is 9.07. The van der Waals surface area contributed by atoms with E-state index >= 15 is 0 Å². The van der Waals surface area contributed by atoms with E-state index in [0.29, 0.717) is 12.0 Å². The fraction of sp³-hybridized carbons (Fsp3) is 0.786. The molecule has 4 nitrogen and oxygen atoms in total. The van der Waals surface area contributed by atoms with Crippen LogP contribution < -0.4 is 0 Å². The monoisotopic (exact) mass is 450 g/mol. The second-order valence-electron chi connectivity index (χ2n) is 9.07. The number of hydrogen-bond donors (Lipinski definition) is 2. The molecule has 0 aromatic heterocycles. The van der Waals surface area contributed by atoms with Gasteiger partial charge in [0.25, 0.3) is 0 Å². The maximum absolute atomic E-state index is 11.5. The van der Waals surface area contributed by atoms with Gasteiger partial charge in [-0.2, -0.15) is 0 Å². The van der Waals surface area contributed by atoms with E-state index < -0.39 is 11.9 Å². The molecule has 186 valence electrons. The van der Waals surface area contributed by atoms with Crippen molar-refractivity contribution in [3.63, 3.8) is 0 Å². The maximum Gasteiger partial charge on any atom is 0.331 e. The topological polar surface area (TPSA) is 74.6 Å². The number of unbranched alkanes of at least 4 members (excludes halogenated alkanes) is 16. The van der Waals surface area contributed by atoms with Crippen molar-refractivity contribution in [2.45, 2.75) is 142 Å². The van der Waals surface area contributed by atoms with E-state index in [-0.39, 0.29) is 6.42 Å². The van der Waals surface area contributed by atoms with E-state index in [1.165, 1.54) is 77.0 Å². The fourth-order valence-corrected chi connectivity index (χ4v) is 3.92. The first-order valence-corrected chi connectivity index (χ1v) is 13.4. The molecule has 4 heteroatoms. The third-order valence-corrected chi connectivity index (χ3v) is 5.97. The third-order valence-electron chi connectivity index (χ3n) is 5.97. The molecule has 0 atom stereocenters. The Morgan fingerprint density at radius 2 is 1.03 bits per heavy atom. The first-order chi connectivity index (χ1) is 15.6. The summed E-state index contributed by atoms with van der Waals surface area (Å²) in [5.41, 5.74) is 0.609. The highest BCUT2D eigenvalue weighted by atomic mass is 16.4. The van der Waals surface area contributed by atoms with E-state index in [4.69, 9.17) is 5.11 Å². The molecule has 0 aromatic rings. The van der Waals surface area contributed by atoms with Crippen molar-refractivity contribution in [3.05, 3.63) is 23.8 Å². The Morgan fingerprint density at radius 1 is 0.562 bits per heavy atom. The summed E-state index contributed by atoms with van der Waals surface area (Å²) >= 11 is 0. The molecular formula is C28H50O4. The number of aliphatic carboxylic acids is 2. The Labute approximate surface area is 197 Å². The average molecular weight is 451 g/mol. The van der Waals surface area contributed by atoms with Crippen molar-refractivity contribution in [1.29, 1.82) is 0 Å². The lowest BCUT2D eigenvalue weighted by molar-refractivity contribution is -0.137. The fourth-order valence-electron chi connectivity index (χ4n) is 3.92. The summed E-state index contributed by atoms with van der Waals surface area (Å²) in [6.07, 6.45) is 29.2. The van der Waals surface area contributed by atoms with Crippen LogP contribution in [-0.2, 0) is 9.59 Å². The third kappa shape index (κ3) is 23.1. The SMILES string of the molecule is CCCCCCCCCCCC=C(CCCCCCCCC=CCCCC(=O)O)C(=O)O. The Hall–Kier alpha value is -1.58. The van der Waals surface area contributed by atoms with Gasteiger partial charge >= 0.3 is 11.9 Å². The molecule has 0 aliphatic carbocycles. The molecule has 0 bridgehead atoms. The maximum atomic E-state index is 11.5. The van der Waals surface area contributed by atoms with Gasteiger partial charge in [0.2, 0.25) is 0 Å². The van der Waals surface area contributed by atoms with Crippen LogP contribution in [0, 0.1) is 0 Å². The highest BCUT2D eigenvalue weighted by Crippen LogP contribution is 2.15. The summed E-state index contributed by atoms with van der Waals surface area (Å²) in [4.78, 5) is 21.9. The first kappa shape index (κ1) is 30.4. The quantitative estimate of drug-likeness (QED) is 0.0874. The minimum Gasteiger partial charge on any atom is -0.481 e. The van der Waals surface area contributed by atoms with E-state index in [9.17, 15) is 14.7 Å². The minimum atomic E-state index is -0.740. The molecule has 0 rings (SSSR count). The van der Waals surface area contributed by atoms with Crippen LogP contribution in [0.1, 0.15) is 142 Å². The van der Waals surface area contributed by atoms with Crippen molar-refractivity contribution in [3.8, 4) is 0 Å². The van der Waals surface area contributed by atoms with Crippen molar-refractivity contribution in [1.82, 2.24) is 0 Å². The summed E-state index contributed by atoms with van der Waals surface area (Å²) < 4.78 is 0. The first-order valence-electron chi connectivity index (χ1n) is 13.4. The molecule has 0 heterocycles. The zero-order valence-electron chi connectivity index (χ0n) is 20.8. The van der Waals surface area contributed by atoms with Gasteiger partial charge in [0.15, 0.2) is 0 Å². The number of carboxylic acids is 2. The van der Waals surface area contributed by atoms with Crippen molar-refractivity contribution < 1.29 is 19.8 Å². The Kier molecular flexibility index (Phi) is 22.9. The normalized spacial score (nSPS) is 12.0. The molecule has 0 spiro atoms. The molecular weight excluding hydrogens is 400 g/mol. The second kappa shape index (κ2) is 24.1. The number of carbonyl (C=O) groups is 2. The minimum absolute atomic E-state index is 0.252. The van der Waals surface area contributed by atoms with E-state index in [1.807, 2.05) is 6.08 Å². The Bertz CT molecular complexity index is 508. The number of rotatable bonds is 24. The van der Waals surface area contributed by atoms with Gasteiger partial charge in [-0.25, -0.2) is 4.79 Å². The van der Waals surface area contributed by atoms with Gasteiger partial charge in [0.05, 0.1) is 0 Å². The summed E-state index contributed by atoms with van der Waals surface area (Å²) in [6.45, 7) is 2.25. The molecule has 2 N–H and O–H groups in total. The highest BCUT2D eigenvalue weighted by molar-refractivity contribution is 5.86. The standard InChI is InChI=1S/C28H50O4/c1-2-3-4-5-6-7-11-14-17-20-23-26(28(31)32)24-21-18-15-12-9-8-10-13-16-19-22-25-27(29)30/h13,16,23H,2-12,14-15,17-22,24-25H2,1H3,(H,29,30)(H,31,32). The molecule has 0 saturated heterocycles. The van der Waals surface area contributed by atoms with Gasteiger partial charge in [-0.05, 0) is 51.4 Å². The van der Waals surface area contributed by atoms with Crippen molar-refractivity contribution in [2.24, 2.45) is 0 Å². The number of carboxylic acid groups (broad SMARTS) is 2. The molecule has 0 radical (unpaired) electrons. The van der Waals surface area contributed by atoms with E-state index in [1.54, 1.807) is 0 Å². The lowest BCUT2D eigenvalue weighted by atomic mass is 10.0. The molecule has 32 heavy (non-hydrogen) atoms. The van der Waals surface area contributed by atoms with Crippen LogP contribution in [0.15, 0.2) is 23.8 Å². The lowest BCUT2D eigenvalue weighted by Gasteiger charge is -2.04. The van der Waals surface area contributed by atoms with Crippen LogP contribution in [0.3, 0.4) is 0 Å². The summed E-state index contributed by atoms with van der Waals surface area (Å²) in [5.74, 6) is -1.46. The van der Waals surface area contributed by atoms with Gasteiger partial charge < -0.3 is 10.2 Å². The van der Waals surface area contributed by atoms with Crippen LogP contribution in [-0.4, -0.2) is 22.2 Å². The predicted octanol–water partition coefficient (Wildman–Crippen LogP) is 8.85. The van der Waals surface area contributed by atoms with Crippen LogP contribution in [0.25, 0.3) is 0 Å². The zero-order valence-corrected chi connectivity index (χ0v) is 20.8. The average Bonchev–Trinajstić information content (AvgIpc) is 2.76. The largest absolute Gasteiger partial charge is 0.481 e. The Morgan fingerprint density at radius 3 is 1.56 bits per heavy atom. The molecule has 0 saturated carbocycles. The predicted molar refractivity (Wildman–Crippen MR) is 135 cm³/mol. The number of allylic oxidation sites excluding steroid dienone is 3. The molecule has 0 aliphatic rings. The smallest absolute Gasteiger partial charge is 0.331 e. The van der Waals surface area contributed by atoms with E-state index in [2.05, 4.69) is 19.1 Å². The summed E-state index contributed by atoms with van der Waals surface area (Å²) in [7, 11) is 0. The molecule has 0 unspecified atom stereocenters. The molecule has 0 aliphatic heterocycles. The van der Waals surface area contributed by atoms with Crippen LogP contribution in [0.2, 0.25) is 0 Å². The van der Waals surface area contributed by atoms with Gasteiger partial charge in [-0.3, -0.25) is 4.79 Å². The van der Waals surface area contributed by atoms with Gasteiger partial charge in [-0.15, -0.1) is 0 Å². The van der Waals surface area contributed by atoms with Crippen LogP contribution >= 0.6 is 0 Å². The van der Waals surface area contributed by atoms with Gasteiger partial charge in [0, 0.05) is 12.0 Å². The van der Waals surface area contributed by atoms with Crippen LogP contribution in [0.5, 0.6) is 0 Å².